The molecule has 4 nitrogen and oxygen atoms in total. The van der Waals surface area contributed by atoms with Crippen LogP contribution in [0.15, 0.2) is 42.5 Å². The van der Waals surface area contributed by atoms with Gasteiger partial charge in [-0.15, -0.1) is 0 Å². The Balaban J connectivity index is 1.61. The van der Waals surface area contributed by atoms with E-state index < -0.39 is 12.1 Å². The molecule has 132 valence electrons. The van der Waals surface area contributed by atoms with Crippen molar-refractivity contribution in [3.05, 3.63) is 48.0 Å². The summed E-state index contributed by atoms with van der Waals surface area (Å²) in [5.74, 6) is -0.209. The fourth-order valence-electron chi connectivity index (χ4n) is 3.43. The Hall–Kier alpha value is -2.36. The maximum Gasteiger partial charge on any atom is 0.338 e. The Morgan fingerprint density at radius 2 is 1.80 bits per heavy atom. The smallest absolute Gasteiger partial charge is 0.338 e. The van der Waals surface area contributed by atoms with E-state index in [0.717, 1.165) is 30.0 Å². The van der Waals surface area contributed by atoms with Crippen LogP contribution >= 0.6 is 0 Å². The lowest BCUT2D eigenvalue weighted by Gasteiger charge is -2.30. The first-order valence-corrected chi connectivity index (χ1v) is 9.05. The standard InChI is InChI=1S/C21H25NO3/c1-14-7-3-6-10-19(14)22-20(23)15(2)25-21(24)18-12-11-16-8-4-5-9-17(16)13-18/h4-5,8-9,11-15,19H,3,6-7,10H2,1-2H3,(H,22,23)/t14-,15-,19-/m1/s1. The molecule has 0 bridgehead atoms. The van der Waals surface area contributed by atoms with Gasteiger partial charge in [0.1, 0.15) is 0 Å². The molecule has 2 aromatic rings. The second-order valence-corrected chi connectivity index (χ2v) is 6.99. The van der Waals surface area contributed by atoms with E-state index in [-0.39, 0.29) is 11.9 Å². The second-order valence-electron chi connectivity index (χ2n) is 6.99. The third-order valence-electron chi connectivity index (χ3n) is 5.08. The lowest BCUT2D eigenvalue weighted by atomic mass is 9.86. The molecular weight excluding hydrogens is 314 g/mol. The normalized spacial score (nSPS) is 21.5. The monoisotopic (exact) mass is 339 g/mol. The molecule has 1 N–H and O–H groups in total. The molecule has 1 aliphatic carbocycles. The quantitative estimate of drug-likeness (QED) is 0.854. The van der Waals surface area contributed by atoms with Gasteiger partial charge >= 0.3 is 5.97 Å². The molecule has 25 heavy (non-hydrogen) atoms. The van der Waals surface area contributed by atoms with Crippen LogP contribution in [0.1, 0.15) is 49.9 Å². The van der Waals surface area contributed by atoms with Crippen LogP contribution in [0.4, 0.5) is 0 Å². The van der Waals surface area contributed by atoms with E-state index in [4.69, 9.17) is 4.74 Å². The number of carbonyl (C=O) groups excluding carboxylic acids is 2. The molecule has 0 saturated heterocycles. The van der Waals surface area contributed by atoms with Crippen molar-refractivity contribution in [1.82, 2.24) is 5.32 Å². The van der Waals surface area contributed by atoms with Crippen molar-refractivity contribution in [1.29, 1.82) is 0 Å². The van der Waals surface area contributed by atoms with Crippen LogP contribution in [0.5, 0.6) is 0 Å². The van der Waals surface area contributed by atoms with Crippen molar-refractivity contribution in [2.75, 3.05) is 0 Å². The summed E-state index contributed by atoms with van der Waals surface area (Å²) in [7, 11) is 0. The predicted octanol–water partition coefficient (Wildman–Crippen LogP) is 4.08. The van der Waals surface area contributed by atoms with Crippen molar-refractivity contribution in [2.24, 2.45) is 5.92 Å². The fraction of sp³-hybridized carbons (Fsp3) is 0.429. The van der Waals surface area contributed by atoms with Crippen LogP contribution in [-0.2, 0) is 9.53 Å². The number of carbonyl (C=O) groups is 2. The second kappa shape index (κ2) is 7.68. The van der Waals surface area contributed by atoms with Crippen molar-refractivity contribution >= 4 is 22.6 Å². The largest absolute Gasteiger partial charge is 0.449 e. The van der Waals surface area contributed by atoms with Gasteiger partial charge in [-0.25, -0.2) is 4.79 Å². The molecule has 3 atom stereocenters. The van der Waals surface area contributed by atoms with Crippen molar-refractivity contribution in [2.45, 2.75) is 51.7 Å². The lowest BCUT2D eigenvalue weighted by molar-refractivity contribution is -0.130. The number of hydrogen-bond acceptors (Lipinski definition) is 3. The van der Waals surface area contributed by atoms with Crippen LogP contribution < -0.4 is 5.32 Å². The maximum atomic E-state index is 12.4. The Morgan fingerprint density at radius 3 is 2.56 bits per heavy atom. The molecule has 0 spiro atoms. The molecule has 1 amide bonds. The van der Waals surface area contributed by atoms with Gasteiger partial charge in [-0.1, -0.05) is 50.1 Å². The van der Waals surface area contributed by atoms with Crippen molar-refractivity contribution in [3.63, 3.8) is 0 Å². The van der Waals surface area contributed by atoms with Gasteiger partial charge < -0.3 is 10.1 Å². The van der Waals surface area contributed by atoms with Crippen molar-refractivity contribution in [3.8, 4) is 0 Å². The van der Waals surface area contributed by atoms with E-state index in [0.29, 0.717) is 11.5 Å². The van der Waals surface area contributed by atoms with E-state index in [1.54, 1.807) is 19.1 Å². The Morgan fingerprint density at radius 1 is 1.08 bits per heavy atom. The summed E-state index contributed by atoms with van der Waals surface area (Å²) in [6.45, 7) is 3.79. The molecule has 0 radical (unpaired) electrons. The summed E-state index contributed by atoms with van der Waals surface area (Å²) in [4.78, 5) is 24.7. The average Bonchev–Trinajstić information content (AvgIpc) is 2.63. The highest BCUT2D eigenvalue weighted by atomic mass is 16.5. The molecule has 1 aliphatic rings. The third-order valence-corrected chi connectivity index (χ3v) is 5.08. The first-order valence-electron chi connectivity index (χ1n) is 9.05. The minimum atomic E-state index is -0.798. The number of nitrogens with one attached hydrogen (secondary N) is 1. The SMILES string of the molecule is C[C@@H]1CCCC[C@H]1NC(=O)[C@@H](C)OC(=O)c1ccc2ccccc2c1. The molecule has 0 unspecified atom stereocenters. The van der Waals surface area contributed by atoms with E-state index in [1.165, 1.54) is 6.42 Å². The molecule has 2 aromatic carbocycles. The predicted molar refractivity (Wildman–Crippen MR) is 98.4 cm³/mol. The Labute approximate surface area is 148 Å². The third kappa shape index (κ3) is 4.19. The summed E-state index contributed by atoms with van der Waals surface area (Å²) in [6.07, 6.45) is 3.70. The number of amides is 1. The van der Waals surface area contributed by atoms with Gasteiger partial charge in [0, 0.05) is 6.04 Å². The highest BCUT2D eigenvalue weighted by Gasteiger charge is 2.26. The van der Waals surface area contributed by atoms with Crippen LogP contribution in [0.2, 0.25) is 0 Å². The van der Waals surface area contributed by atoms with Gasteiger partial charge in [0.2, 0.25) is 0 Å². The minimum absolute atomic E-state index is 0.183. The summed E-state index contributed by atoms with van der Waals surface area (Å²) >= 11 is 0. The molecule has 4 heteroatoms. The van der Waals surface area contributed by atoms with E-state index in [9.17, 15) is 9.59 Å². The number of fused-ring (bicyclic) bond motifs is 1. The molecule has 3 rings (SSSR count). The Bertz CT molecular complexity index is 771. The Kier molecular flexibility index (Phi) is 5.37. The molecule has 0 aliphatic heterocycles. The summed E-state index contributed by atoms with van der Waals surface area (Å²) in [5.41, 5.74) is 0.462. The van der Waals surface area contributed by atoms with Crippen LogP contribution in [-0.4, -0.2) is 24.0 Å². The van der Waals surface area contributed by atoms with E-state index in [2.05, 4.69) is 12.2 Å². The van der Waals surface area contributed by atoms with Crippen molar-refractivity contribution < 1.29 is 14.3 Å². The van der Waals surface area contributed by atoms with Gasteiger partial charge in [0.15, 0.2) is 6.10 Å². The summed E-state index contributed by atoms with van der Waals surface area (Å²) in [5, 5.41) is 5.08. The van der Waals surface area contributed by atoms with Gasteiger partial charge in [-0.05, 0) is 48.6 Å². The lowest BCUT2D eigenvalue weighted by Crippen LogP contribution is -2.45. The first kappa shape index (κ1) is 17.5. The first-order chi connectivity index (χ1) is 12.0. The fourth-order valence-corrected chi connectivity index (χ4v) is 3.43. The number of hydrogen-bond donors (Lipinski definition) is 1. The maximum absolute atomic E-state index is 12.4. The van der Waals surface area contributed by atoms with Crippen LogP contribution in [0.3, 0.4) is 0 Å². The number of benzene rings is 2. The molecular formula is C21H25NO3. The average molecular weight is 339 g/mol. The summed E-state index contributed by atoms with van der Waals surface area (Å²) in [6, 6.07) is 13.4. The van der Waals surface area contributed by atoms with E-state index >= 15 is 0 Å². The van der Waals surface area contributed by atoms with E-state index in [1.807, 2.05) is 30.3 Å². The molecule has 1 fully saturated rings. The zero-order chi connectivity index (χ0) is 17.8. The summed E-state index contributed by atoms with van der Waals surface area (Å²) < 4.78 is 5.37. The van der Waals surface area contributed by atoms with Crippen LogP contribution in [0.25, 0.3) is 10.8 Å². The molecule has 1 saturated carbocycles. The van der Waals surface area contributed by atoms with Gasteiger partial charge in [-0.2, -0.15) is 0 Å². The van der Waals surface area contributed by atoms with Crippen LogP contribution in [0, 0.1) is 5.92 Å². The van der Waals surface area contributed by atoms with Gasteiger partial charge in [0.05, 0.1) is 5.56 Å². The van der Waals surface area contributed by atoms with Gasteiger partial charge in [0.25, 0.3) is 5.91 Å². The number of esters is 1. The number of rotatable bonds is 4. The zero-order valence-corrected chi connectivity index (χ0v) is 14.8. The number of ether oxygens (including phenoxy) is 1. The molecule has 0 aromatic heterocycles. The topological polar surface area (TPSA) is 55.4 Å². The highest BCUT2D eigenvalue weighted by Crippen LogP contribution is 2.24. The molecule has 0 heterocycles. The zero-order valence-electron chi connectivity index (χ0n) is 14.8. The highest BCUT2D eigenvalue weighted by molar-refractivity contribution is 5.96. The minimum Gasteiger partial charge on any atom is -0.449 e. The van der Waals surface area contributed by atoms with Gasteiger partial charge in [-0.3, -0.25) is 4.79 Å².